The fourth-order valence-electron chi connectivity index (χ4n) is 2.75. The largest absolute Gasteiger partial charge is 0.489 e. The Labute approximate surface area is 196 Å². The van der Waals surface area contributed by atoms with E-state index in [2.05, 4.69) is 15.8 Å². The molecule has 0 aliphatic heterocycles. The van der Waals surface area contributed by atoms with E-state index < -0.39 is 11.8 Å². The molecular weight excluding hydrogens is 449 g/mol. The zero-order chi connectivity index (χ0) is 22.8. The van der Waals surface area contributed by atoms with E-state index in [9.17, 15) is 9.59 Å². The molecule has 8 heteroatoms. The maximum absolute atomic E-state index is 11.9. The van der Waals surface area contributed by atoms with Crippen LogP contribution in [0.5, 0.6) is 5.75 Å². The van der Waals surface area contributed by atoms with Gasteiger partial charge in [-0.3, -0.25) is 9.59 Å². The van der Waals surface area contributed by atoms with Crippen molar-refractivity contribution in [2.24, 2.45) is 5.10 Å². The molecule has 3 aromatic rings. The monoisotopic (exact) mass is 469 g/mol. The minimum absolute atomic E-state index is 0.274. The van der Waals surface area contributed by atoms with Crippen molar-refractivity contribution in [3.63, 3.8) is 0 Å². The molecule has 3 aromatic carbocycles. The van der Waals surface area contributed by atoms with E-state index in [1.165, 1.54) is 6.21 Å². The van der Waals surface area contributed by atoms with Crippen LogP contribution in [0.2, 0.25) is 10.0 Å². The Hall–Kier alpha value is -3.35. The Balaban J connectivity index is 1.45. The second-order valence-corrected chi connectivity index (χ2v) is 7.63. The average molecular weight is 470 g/mol. The van der Waals surface area contributed by atoms with Crippen LogP contribution in [0.15, 0.2) is 77.9 Å². The highest BCUT2D eigenvalue weighted by molar-refractivity contribution is 6.35. The molecule has 0 bridgehead atoms. The molecule has 2 N–H and O–H groups in total. The topological polar surface area (TPSA) is 79.8 Å². The number of hydrogen-bond donors (Lipinski definition) is 2. The fourth-order valence-corrected chi connectivity index (χ4v) is 3.21. The number of carbonyl (C=O) groups excluding carboxylic acids is 2. The number of rotatable bonds is 8. The van der Waals surface area contributed by atoms with Crippen LogP contribution in [0.3, 0.4) is 0 Å². The van der Waals surface area contributed by atoms with Crippen LogP contribution < -0.4 is 15.5 Å². The Kier molecular flexibility index (Phi) is 8.66. The second kappa shape index (κ2) is 11.9. The first-order chi connectivity index (χ1) is 15.5. The van der Waals surface area contributed by atoms with Gasteiger partial charge in [-0.1, -0.05) is 71.7 Å². The number of ether oxygens (including phenoxy) is 1. The predicted octanol–water partition coefficient (Wildman–Crippen LogP) is 4.38. The van der Waals surface area contributed by atoms with Gasteiger partial charge in [-0.15, -0.1) is 0 Å². The van der Waals surface area contributed by atoms with Crippen molar-refractivity contribution in [1.82, 2.24) is 10.7 Å². The first kappa shape index (κ1) is 23.3. The zero-order valence-corrected chi connectivity index (χ0v) is 18.6. The summed E-state index contributed by atoms with van der Waals surface area (Å²) >= 11 is 12.1. The highest BCUT2D eigenvalue weighted by atomic mass is 35.5. The maximum atomic E-state index is 11.9. The van der Waals surface area contributed by atoms with E-state index >= 15 is 0 Å². The summed E-state index contributed by atoms with van der Waals surface area (Å²) in [5.74, 6) is -0.973. The van der Waals surface area contributed by atoms with Crippen LogP contribution in [0, 0.1) is 0 Å². The van der Waals surface area contributed by atoms with Crippen molar-refractivity contribution < 1.29 is 14.3 Å². The number of amides is 2. The molecule has 6 nitrogen and oxygen atoms in total. The number of hydrogen-bond acceptors (Lipinski definition) is 4. The third kappa shape index (κ3) is 7.41. The van der Waals surface area contributed by atoms with Gasteiger partial charge >= 0.3 is 11.8 Å². The SMILES string of the molecule is O=C(NCCc1ccccc1)C(=O)N/N=C\c1cccc(OCc2ccc(Cl)cc2Cl)c1. The van der Waals surface area contributed by atoms with Crippen molar-refractivity contribution in [3.05, 3.63) is 99.5 Å². The lowest BCUT2D eigenvalue weighted by Crippen LogP contribution is -2.38. The van der Waals surface area contributed by atoms with Gasteiger partial charge in [0.2, 0.25) is 0 Å². The van der Waals surface area contributed by atoms with Crippen LogP contribution in [-0.2, 0) is 22.6 Å². The summed E-state index contributed by atoms with van der Waals surface area (Å²) in [5.41, 5.74) is 4.79. The number of nitrogens with zero attached hydrogens (tertiary/aromatic N) is 1. The number of hydrazone groups is 1. The molecule has 0 fully saturated rings. The molecule has 0 unspecified atom stereocenters. The van der Waals surface area contributed by atoms with Crippen molar-refractivity contribution in [1.29, 1.82) is 0 Å². The summed E-state index contributed by atoms with van der Waals surface area (Å²) in [7, 11) is 0. The summed E-state index contributed by atoms with van der Waals surface area (Å²) in [6, 6.07) is 22.0. The number of carbonyl (C=O) groups is 2. The molecule has 0 aromatic heterocycles. The van der Waals surface area contributed by atoms with Gasteiger partial charge < -0.3 is 10.1 Å². The van der Waals surface area contributed by atoms with Gasteiger partial charge in [0.05, 0.1) is 6.21 Å². The molecule has 0 saturated heterocycles. The minimum Gasteiger partial charge on any atom is -0.489 e. The molecule has 0 heterocycles. The third-order valence-corrected chi connectivity index (χ3v) is 4.98. The van der Waals surface area contributed by atoms with Crippen molar-refractivity contribution in [3.8, 4) is 5.75 Å². The molecule has 164 valence electrons. The molecule has 3 rings (SSSR count). The van der Waals surface area contributed by atoms with Crippen molar-refractivity contribution in [2.45, 2.75) is 13.0 Å². The lowest BCUT2D eigenvalue weighted by molar-refractivity contribution is -0.139. The molecule has 0 atom stereocenters. The lowest BCUT2D eigenvalue weighted by atomic mass is 10.1. The summed E-state index contributed by atoms with van der Waals surface area (Å²) in [6.45, 7) is 0.632. The number of benzene rings is 3. The average Bonchev–Trinajstić information content (AvgIpc) is 2.79. The van der Waals surface area contributed by atoms with Gasteiger partial charge in [0.1, 0.15) is 12.4 Å². The fraction of sp³-hybridized carbons (Fsp3) is 0.125. The Morgan fingerprint density at radius 3 is 2.53 bits per heavy atom. The molecule has 0 radical (unpaired) electrons. The van der Waals surface area contributed by atoms with Gasteiger partial charge in [-0.2, -0.15) is 5.10 Å². The summed E-state index contributed by atoms with van der Waals surface area (Å²) in [6.07, 6.45) is 2.06. The van der Waals surface area contributed by atoms with Crippen LogP contribution in [0.1, 0.15) is 16.7 Å². The van der Waals surface area contributed by atoms with Gasteiger partial charge in [0.15, 0.2) is 0 Å². The summed E-state index contributed by atoms with van der Waals surface area (Å²) in [4.78, 5) is 23.7. The molecule has 0 saturated carbocycles. The van der Waals surface area contributed by atoms with Crippen molar-refractivity contribution >= 4 is 41.2 Å². The maximum Gasteiger partial charge on any atom is 0.329 e. The molecule has 0 aliphatic rings. The second-order valence-electron chi connectivity index (χ2n) is 6.79. The van der Waals surface area contributed by atoms with E-state index in [0.717, 1.165) is 11.1 Å². The van der Waals surface area contributed by atoms with Crippen LogP contribution in [0.4, 0.5) is 0 Å². The molecular formula is C24H21Cl2N3O3. The van der Waals surface area contributed by atoms with E-state index in [0.29, 0.717) is 34.3 Å². The van der Waals surface area contributed by atoms with Gasteiger partial charge in [0.25, 0.3) is 0 Å². The van der Waals surface area contributed by atoms with Gasteiger partial charge in [-0.05, 0) is 41.8 Å². The van der Waals surface area contributed by atoms with Gasteiger partial charge in [-0.25, -0.2) is 5.43 Å². The first-order valence-corrected chi connectivity index (χ1v) is 10.6. The standard InChI is InChI=1S/C24H21Cl2N3O3/c25-20-10-9-19(22(26)14-20)16-32-21-8-4-7-18(13-21)15-28-29-24(31)23(30)27-12-11-17-5-2-1-3-6-17/h1-10,13-15H,11-12,16H2,(H,27,30)(H,29,31)/b28-15-. The van der Waals surface area contributed by atoms with E-state index in [1.807, 2.05) is 30.3 Å². The minimum atomic E-state index is -0.834. The Morgan fingerprint density at radius 1 is 0.938 bits per heavy atom. The lowest BCUT2D eigenvalue weighted by Gasteiger charge is -2.08. The highest BCUT2D eigenvalue weighted by Crippen LogP contribution is 2.23. The highest BCUT2D eigenvalue weighted by Gasteiger charge is 2.11. The first-order valence-electron chi connectivity index (χ1n) is 9.83. The smallest absolute Gasteiger partial charge is 0.329 e. The quantitative estimate of drug-likeness (QED) is 0.291. The van der Waals surface area contributed by atoms with Gasteiger partial charge in [0, 0.05) is 22.2 Å². The molecule has 0 aliphatic carbocycles. The number of nitrogens with one attached hydrogen (secondary N) is 2. The summed E-state index contributed by atoms with van der Waals surface area (Å²) in [5, 5.41) is 7.49. The Bertz CT molecular complexity index is 1100. The van der Waals surface area contributed by atoms with E-state index in [4.69, 9.17) is 27.9 Å². The molecule has 2 amide bonds. The zero-order valence-electron chi connectivity index (χ0n) is 17.1. The van der Waals surface area contributed by atoms with Crippen LogP contribution in [-0.4, -0.2) is 24.6 Å². The van der Waals surface area contributed by atoms with E-state index in [-0.39, 0.29) is 6.61 Å². The molecule has 32 heavy (non-hydrogen) atoms. The van der Waals surface area contributed by atoms with Crippen LogP contribution in [0.25, 0.3) is 0 Å². The van der Waals surface area contributed by atoms with E-state index in [1.54, 1.807) is 42.5 Å². The normalized spacial score (nSPS) is 10.7. The predicted molar refractivity (Wildman–Crippen MR) is 126 cm³/mol. The Morgan fingerprint density at radius 2 is 1.75 bits per heavy atom. The number of halogens is 2. The molecule has 0 spiro atoms. The third-order valence-electron chi connectivity index (χ3n) is 4.40. The van der Waals surface area contributed by atoms with Crippen LogP contribution >= 0.6 is 23.2 Å². The van der Waals surface area contributed by atoms with Crippen molar-refractivity contribution in [2.75, 3.05) is 6.54 Å². The summed E-state index contributed by atoms with van der Waals surface area (Å²) < 4.78 is 5.76.